The number of carbonyl (C=O) groups excluding carboxylic acids is 1. The van der Waals surface area contributed by atoms with Gasteiger partial charge in [-0.15, -0.1) is 10.2 Å². The van der Waals surface area contributed by atoms with E-state index in [1.165, 1.54) is 11.8 Å². The zero-order valence-corrected chi connectivity index (χ0v) is 17.9. The lowest BCUT2D eigenvalue weighted by Crippen LogP contribution is -2.28. The third-order valence-corrected chi connectivity index (χ3v) is 6.11. The van der Waals surface area contributed by atoms with Crippen molar-refractivity contribution in [3.05, 3.63) is 70.2 Å². The molecular formula is C21H19BrN4OS. The van der Waals surface area contributed by atoms with E-state index in [0.717, 1.165) is 37.3 Å². The van der Waals surface area contributed by atoms with Gasteiger partial charge in [-0.3, -0.25) is 9.20 Å². The lowest BCUT2D eigenvalue weighted by Gasteiger charge is -2.14. The number of thioether (sulfide) groups is 1. The summed E-state index contributed by atoms with van der Waals surface area (Å²) in [6.07, 6.45) is 0. The number of nitrogens with zero attached hydrogens (tertiary/aromatic N) is 3. The van der Waals surface area contributed by atoms with E-state index in [2.05, 4.69) is 50.5 Å². The number of aryl methyl sites for hydroxylation is 1. The molecule has 0 aliphatic rings. The van der Waals surface area contributed by atoms with Gasteiger partial charge in [0.25, 0.3) is 0 Å². The molecule has 28 heavy (non-hydrogen) atoms. The number of benzene rings is 2. The maximum atomic E-state index is 12.4. The van der Waals surface area contributed by atoms with Gasteiger partial charge in [0.15, 0.2) is 10.8 Å². The fourth-order valence-electron chi connectivity index (χ4n) is 3.22. The molecule has 4 aromatic rings. The highest BCUT2D eigenvalue weighted by molar-refractivity contribution is 9.10. The second-order valence-corrected chi connectivity index (χ2v) is 8.51. The Hall–Kier alpha value is -2.38. The first kappa shape index (κ1) is 19.0. The van der Waals surface area contributed by atoms with Gasteiger partial charge in [-0.1, -0.05) is 58.0 Å². The molecule has 0 bridgehead atoms. The van der Waals surface area contributed by atoms with Crippen LogP contribution in [0.4, 0.5) is 0 Å². The number of nitrogens with one attached hydrogen (secondary N) is 1. The molecular weight excluding hydrogens is 436 g/mol. The number of pyridine rings is 1. The maximum absolute atomic E-state index is 12.4. The Morgan fingerprint density at radius 1 is 1.18 bits per heavy atom. The van der Waals surface area contributed by atoms with Crippen LogP contribution >= 0.6 is 27.7 Å². The molecule has 1 unspecified atom stereocenters. The van der Waals surface area contributed by atoms with Crippen LogP contribution in [-0.4, -0.2) is 26.3 Å². The van der Waals surface area contributed by atoms with Crippen molar-refractivity contribution < 1.29 is 4.79 Å². The number of amides is 1. The van der Waals surface area contributed by atoms with Crippen molar-refractivity contribution in [2.24, 2.45) is 0 Å². The lowest BCUT2D eigenvalue weighted by atomic mass is 10.1. The largest absolute Gasteiger partial charge is 0.349 e. The third kappa shape index (κ3) is 3.77. The molecule has 0 aliphatic heterocycles. The number of fused-ring (bicyclic) bond motifs is 3. The predicted octanol–water partition coefficient (Wildman–Crippen LogP) is 4.92. The van der Waals surface area contributed by atoms with Crippen molar-refractivity contribution in [3.63, 3.8) is 0 Å². The van der Waals surface area contributed by atoms with Crippen molar-refractivity contribution in [1.29, 1.82) is 0 Å². The van der Waals surface area contributed by atoms with Gasteiger partial charge in [-0.25, -0.2) is 0 Å². The monoisotopic (exact) mass is 454 g/mol. The molecule has 0 aliphatic carbocycles. The first-order valence-corrected chi connectivity index (χ1v) is 10.7. The standard InChI is InChI=1S/C21H19BrN4OS/c1-13-11-19-24-25-21(26(19)18-6-4-3-5-17(13)18)28-12-20(27)23-14(2)15-7-9-16(22)10-8-15/h3-11,14H,12H2,1-2H3,(H,23,27). The third-order valence-electron chi connectivity index (χ3n) is 4.65. The van der Waals surface area contributed by atoms with Crippen molar-refractivity contribution in [3.8, 4) is 0 Å². The summed E-state index contributed by atoms with van der Waals surface area (Å²) in [4.78, 5) is 12.4. The van der Waals surface area contributed by atoms with Gasteiger partial charge in [0, 0.05) is 9.86 Å². The van der Waals surface area contributed by atoms with Crippen molar-refractivity contribution in [1.82, 2.24) is 19.9 Å². The van der Waals surface area contributed by atoms with E-state index in [-0.39, 0.29) is 17.7 Å². The minimum atomic E-state index is -0.0557. The lowest BCUT2D eigenvalue weighted by molar-refractivity contribution is -0.119. The average molecular weight is 455 g/mol. The van der Waals surface area contributed by atoms with E-state index in [0.29, 0.717) is 0 Å². The van der Waals surface area contributed by atoms with Gasteiger partial charge < -0.3 is 5.32 Å². The Kier molecular flexibility index (Phi) is 5.37. The fraction of sp³-hybridized carbons (Fsp3) is 0.190. The Bertz CT molecular complexity index is 1160. The molecule has 1 N–H and O–H groups in total. The summed E-state index contributed by atoms with van der Waals surface area (Å²) in [7, 11) is 0. The second-order valence-electron chi connectivity index (χ2n) is 6.65. The Morgan fingerprint density at radius 3 is 2.71 bits per heavy atom. The molecule has 2 aromatic heterocycles. The quantitative estimate of drug-likeness (QED) is 0.434. The van der Waals surface area contributed by atoms with E-state index < -0.39 is 0 Å². The summed E-state index contributed by atoms with van der Waals surface area (Å²) < 4.78 is 3.03. The van der Waals surface area contributed by atoms with Crippen LogP contribution in [0.15, 0.2) is 64.2 Å². The number of para-hydroxylation sites is 1. The number of halogens is 1. The molecule has 2 aromatic carbocycles. The zero-order valence-electron chi connectivity index (χ0n) is 15.5. The summed E-state index contributed by atoms with van der Waals surface area (Å²) in [6.45, 7) is 4.05. The molecule has 0 saturated heterocycles. The molecule has 1 amide bonds. The van der Waals surface area contributed by atoms with Crippen molar-refractivity contribution >= 4 is 50.1 Å². The van der Waals surface area contributed by atoms with Gasteiger partial charge in [0.05, 0.1) is 17.3 Å². The highest BCUT2D eigenvalue weighted by atomic mass is 79.9. The van der Waals surface area contributed by atoms with E-state index in [4.69, 9.17) is 0 Å². The molecule has 0 fully saturated rings. The van der Waals surface area contributed by atoms with Gasteiger partial charge in [0.1, 0.15) is 0 Å². The Morgan fingerprint density at radius 2 is 1.93 bits per heavy atom. The number of hydrogen-bond donors (Lipinski definition) is 1. The highest BCUT2D eigenvalue weighted by Gasteiger charge is 2.14. The summed E-state index contributed by atoms with van der Waals surface area (Å²) in [5.41, 5.74) is 4.07. The first-order valence-electron chi connectivity index (χ1n) is 8.94. The minimum Gasteiger partial charge on any atom is -0.349 e. The smallest absolute Gasteiger partial charge is 0.230 e. The van der Waals surface area contributed by atoms with Crippen LogP contribution in [0.25, 0.3) is 16.6 Å². The average Bonchev–Trinajstić information content (AvgIpc) is 3.10. The number of carbonyl (C=O) groups is 1. The van der Waals surface area contributed by atoms with Gasteiger partial charge >= 0.3 is 0 Å². The topological polar surface area (TPSA) is 59.3 Å². The van der Waals surface area contributed by atoms with Crippen LogP contribution in [0.3, 0.4) is 0 Å². The molecule has 7 heteroatoms. The van der Waals surface area contributed by atoms with E-state index in [1.807, 2.05) is 53.8 Å². The number of aromatic nitrogens is 3. The molecule has 0 spiro atoms. The van der Waals surface area contributed by atoms with Gasteiger partial charge in [-0.05, 0) is 49.2 Å². The number of hydrogen-bond acceptors (Lipinski definition) is 4. The molecule has 142 valence electrons. The highest BCUT2D eigenvalue weighted by Crippen LogP contribution is 2.25. The van der Waals surface area contributed by atoms with Gasteiger partial charge in [0.2, 0.25) is 5.91 Å². The molecule has 4 rings (SSSR count). The molecule has 0 radical (unpaired) electrons. The number of rotatable bonds is 5. The molecule has 1 atom stereocenters. The Balaban J connectivity index is 1.50. The van der Waals surface area contributed by atoms with Crippen LogP contribution in [0, 0.1) is 6.92 Å². The van der Waals surface area contributed by atoms with Crippen LogP contribution in [0.5, 0.6) is 0 Å². The van der Waals surface area contributed by atoms with E-state index >= 15 is 0 Å². The minimum absolute atomic E-state index is 0.0337. The summed E-state index contributed by atoms with van der Waals surface area (Å²) in [5.74, 6) is 0.248. The van der Waals surface area contributed by atoms with Crippen LogP contribution < -0.4 is 5.32 Å². The van der Waals surface area contributed by atoms with Crippen LogP contribution in [-0.2, 0) is 4.79 Å². The van der Waals surface area contributed by atoms with E-state index in [9.17, 15) is 4.79 Å². The Labute approximate surface area is 175 Å². The van der Waals surface area contributed by atoms with Gasteiger partial charge in [-0.2, -0.15) is 0 Å². The van der Waals surface area contributed by atoms with Crippen molar-refractivity contribution in [2.45, 2.75) is 25.0 Å². The fourth-order valence-corrected chi connectivity index (χ4v) is 4.24. The van der Waals surface area contributed by atoms with Crippen LogP contribution in [0.1, 0.15) is 24.1 Å². The summed E-state index contributed by atoms with van der Waals surface area (Å²) in [5, 5.41) is 13.5. The zero-order chi connectivity index (χ0) is 19.7. The first-order chi connectivity index (χ1) is 13.5. The molecule has 0 saturated carbocycles. The summed E-state index contributed by atoms with van der Waals surface area (Å²) >= 11 is 4.82. The SMILES string of the molecule is Cc1cc2nnc(SCC(=O)NC(C)c3ccc(Br)cc3)n2c2ccccc12. The van der Waals surface area contributed by atoms with Crippen molar-refractivity contribution in [2.75, 3.05) is 5.75 Å². The maximum Gasteiger partial charge on any atom is 0.230 e. The summed E-state index contributed by atoms with van der Waals surface area (Å²) in [6, 6.07) is 18.1. The predicted molar refractivity (Wildman–Crippen MR) is 117 cm³/mol. The normalized spacial score (nSPS) is 12.4. The molecule has 5 nitrogen and oxygen atoms in total. The van der Waals surface area contributed by atoms with E-state index in [1.54, 1.807) is 0 Å². The molecule has 2 heterocycles. The van der Waals surface area contributed by atoms with Crippen LogP contribution in [0.2, 0.25) is 0 Å². The second kappa shape index (κ2) is 7.93.